The largest absolute Gasteiger partial charge is 0.362 e. The lowest BCUT2D eigenvalue weighted by Gasteiger charge is -2.08. The molecule has 0 bridgehead atoms. The maximum Gasteiger partial charge on any atom is 0.270 e. The SMILES string of the molecule is O=C1Nc2cccc(-c3cccc([N+](=O)[O-])c3)c2/C1=C/c1ccc[nH]1. The third-order valence-corrected chi connectivity index (χ3v) is 4.12. The van der Waals surface area contributed by atoms with E-state index < -0.39 is 4.92 Å². The summed E-state index contributed by atoms with van der Waals surface area (Å²) >= 11 is 0. The Balaban J connectivity index is 1.91. The summed E-state index contributed by atoms with van der Waals surface area (Å²) in [6.07, 6.45) is 3.56. The third kappa shape index (κ3) is 2.59. The number of nitro groups is 1. The second-order valence-electron chi connectivity index (χ2n) is 5.67. The molecule has 2 N–H and O–H groups in total. The maximum atomic E-state index is 12.4. The van der Waals surface area contributed by atoms with Gasteiger partial charge >= 0.3 is 0 Å². The van der Waals surface area contributed by atoms with Crippen molar-refractivity contribution < 1.29 is 9.72 Å². The molecule has 25 heavy (non-hydrogen) atoms. The van der Waals surface area contributed by atoms with Gasteiger partial charge in [-0.05, 0) is 35.4 Å². The van der Waals surface area contributed by atoms with Crippen LogP contribution in [0.15, 0.2) is 60.8 Å². The number of rotatable bonds is 3. The first-order valence-electron chi connectivity index (χ1n) is 7.68. The Morgan fingerprint density at radius 3 is 2.64 bits per heavy atom. The lowest BCUT2D eigenvalue weighted by molar-refractivity contribution is -0.384. The van der Waals surface area contributed by atoms with Crippen molar-refractivity contribution in [1.82, 2.24) is 4.98 Å². The summed E-state index contributed by atoms with van der Waals surface area (Å²) in [4.78, 5) is 26.1. The summed E-state index contributed by atoms with van der Waals surface area (Å²) < 4.78 is 0. The van der Waals surface area contributed by atoms with E-state index in [1.165, 1.54) is 12.1 Å². The first kappa shape index (κ1) is 14.9. The normalized spacial score (nSPS) is 14.4. The van der Waals surface area contributed by atoms with Crippen LogP contribution in [-0.2, 0) is 4.79 Å². The molecule has 0 spiro atoms. The molecule has 0 radical (unpaired) electrons. The Morgan fingerprint density at radius 2 is 1.88 bits per heavy atom. The van der Waals surface area contributed by atoms with Crippen LogP contribution in [0.1, 0.15) is 11.3 Å². The molecule has 1 aliphatic rings. The van der Waals surface area contributed by atoms with Gasteiger partial charge in [-0.3, -0.25) is 14.9 Å². The Morgan fingerprint density at radius 1 is 1.04 bits per heavy atom. The van der Waals surface area contributed by atoms with Crippen molar-refractivity contribution in [1.29, 1.82) is 0 Å². The van der Waals surface area contributed by atoms with Gasteiger partial charge in [0.1, 0.15) is 0 Å². The number of nitrogens with one attached hydrogen (secondary N) is 2. The molecule has 1 aromatic heterocycles. The number of fused-ring (bicyclic) bond motifs is 1. The Kier molecular flexibility index (Phi) is 3.43. The summed E-state index contributed by atoms with van der Waals surface area (Å²) in [6.45, 7) is 0. The van der Waals surface area contributed by atoms with E-state index in [1.54, 1.807) is 24.4 Å². The quantitative estimate of drug-likeness (QED) is 0.430. The fourth-order valence-corrected chi connectivity index (χ4v) is 3.00. The number of hydrogen-bond acceptors (Lipinski definition) is 3. The first-order valence-corrected chi connectivity index (χ1v) is 7.68. The van der Waals surface area contributed by atoms with Gasteiger partial charge < -0.3 is 10.3 Å². The summed E-state index contributed by atoms with van der Waals surface area (Å²) in [5.41, 5.74) is 4.28. The average Bonchev–Trinajstić information content (AvgIpc) is 3.23. The molecule has 0 saturated carbocycles. The van der Waals surface area contributed by atoms with E-state index in [4.69, 9.17) is 0 Å². The van der Waals surface area contributed by atoms with Gasteiger partial charge in [-0.2, -0.15) is 0 Å². The van der Waals surface area contributed by atoms with Crippen LogP contribution in [0.25, 0.3) is 22.8 Å². The van der Waals surface area contributed by atoms with Gasteiger partial charge in [-0.25, -0.2) is 0 Å². The van der Waals surface area contributed by atoms with Crippen molar-refractivity contribution in [2.75, 3.05) is 5.32 Å². The number of aromatic nitrogens is 1. The summed E-state index contributed by atoms with van der Waals surface area (Å²) in [5, 5.41) is 13.9. The lowest BCUT2D eigenvalue weighted by atomic mass is 9.94. The van der Waals surface area contributed by atoms with E-state index in [0.29, 0.717) is 16.8 Å². The van der Waals surface area contributed by atoms with E-state index in [-0.39, 0.29) is 11.6 Å². The predicted octanol–water partition coefficient (Wildman–Crippen LogP) is 4.08. The molecule has 0 aliphatic carbocycles. The second-order valence-corrected chi connectivity index (χ2v) is 5.67. The lowest BCUT2D eigenvalue weighted by Crippen LogP contribution is -2.03. The summed E-state index contributed by atoms with van der Waals surface area (Å²) in [6, 6.07) is 15.6. The zero-order valence-corrected chi connectivity index (χ0v) is 13.0. The fourth-order valence-electron chi connectivity index (χ4n) is 3.00. The van der Waals surface area contributed by atoms with Gasteiger partial charge in [0.05, 0.1) is 10.5 Å². The molecule has 0 saturated heterocycles. The van der Waals surface area contributed by atoms with Crippen molar-refractivity contribution >= 4 is 28.9 Å². The number of H-pyrrole nitrogens is 1. The summed E-state index contributed by atoms with van der Waals surface area (Å²) in [7, 11) is 0. The number of carbonyl (C=O) groups is 1. The van der Waals surface area contributed by atoms with Gasteiger partial charge in [0.15, 0.2) is 0 Å². The van der Waals surface area contributed by atoms with Crippen LogP contribution in [0, 0.1) is 10.1 Å². The van der Waals surface area contributed by atoms with Crippen LogP contribution >= 0.6 is 0 Å². The summed E-state index contributed by atoms with van der Waals surface area (Å²) in [5.74, 6) is -0.192. The monoisotopic (exact) mass is 331 g/mol. The number of anilines is 1. The van der Waals surface area contributed by atoms with Crippen LogP contribution in [-0.4, -0.2) is 15.8 Å². The molecule has 2 aromatic carbocycles. The third-order valence-electron chi connectivity index (χ3n) is 4.12. The van der Waals surface area contributed by atoms with Crippen LogP contribution < -0.4 is 5.32 Å². The molecule has 0 fully saturated rings. The van der Waals surface area contributed by atoms with Crippen molar-refractivity contribution in [2.45, 2.75) is 0 Å². The number of hydrogen-bond donors (Lipinski definition) is 2. The van der Waals surface area contributed by atoms with E-state index in [2.05, 4.69) is 10.3 Å². The van der Waals surface area contributed by atoms with Crippen molar-refractivity contribution in [3.63, 3.8) is 0 Å². The minimum absolute atomic E-state index is 0.0160. The molecule has 3 aromatic rings. The smallest absolute Gasteiger partial charge is 0.270 e. The van der Waals surface area contributed by atoms with Gasteiger partial charge in [-0.1, -0.05) is 24.3 Å². The molecular weight excluding hydrogens is 318 g/mol. The highest BCUT2D eigenvalue weighted by atomic mass is 16.6. The van der Waals surface area contributed by atoms with Crippen LogP contribution in [0.2, 0.25) is 0 Å². The number of aromatic amines is 1. The van der Waals surface area contributed by atoms with Gasteiger partial charge in [0, 0.05) is 35.3 Å². The maximum absolute atomic E-state index is 12.4. The van der Waals surface area contributed by atoms with Gasteiger partial charge in [-0.15, -0.1) is 0 Å². The molecule has 6 nitrogen and oxygen atoms in total. The molecular formula is C19H13N3O3. The minimum atomic E-state index is -0.425. The highest BCUT2D eigenvalue weighted by molar-refractivity contribution is 6.36. The van der Waals surface area contributed by atoms with E-state index in [0.717, 1.165) is 16.8 Å². The van der Waals surface area contributed by atoms with Gasteiger partial charge in [0.2, 0.25) is 0 Å². The van der Waals surface area contributed by atoms with Crippen molar-refractivity contribution in [3.05, 3.63) is 82.2 Å². The molecule has 4 rings (SSSR count). The Hall–Kier alpha value is -3.67. The molecule has 2 heterocycles. The number of nitro benzene ring substituents is 1. The predicted molar refractivity (Wildman–Crippen MR) is 95.8 cm³/mol. The van der Waals surface area contributed by atoms with Crippen molar-refractivity contribution in [3.8, 4) is 11.1 Å². The Labute approximate surface area is 143 Å². The highest BCUT2D eigenvalue weighted by Crippen LogP contribution is 2.40. The number of nitrogens with zero attached hydrogens (tertiary/aromatic N) is 1. The van der Waals surface area contributed by atoms with Gasteiger partial charge in [0.25, 0.3) is 11.6 Å². The fraction of sp³-hybridized carbons (Fsp3) is 0. The zero-order chi connectivity index (χ0) is 17.4. The van der Waals surface area contributed by atoms with Crippen LogP contribution in [0.5, 0.6) is 0 Å². The number of benzene rings is 2. The number of non-ortho nitro benzene ring substituents is 1. The van der Waals surface area contributed by atoms with E-state index >= 15 is 0 Å². The molecule has 6 heteroatoms. The van der Waals surface area contributed by atoms with Crippen LogP contribution in [0.4, 0.5) is 11.4 Å². The van der Waals surface area contributed by atoms with E-state index in [1.807, 2.05) is 30.3 Å². The zero-order valence-electron chi connectivity index (χ0n) is 13.0. The molecule has 0 atom stereocenters. The molecule has 1 amide bonds. The number of amides is 1. The topological polar surface area (TPSA) is 88.0 Å². The van der Waals surface area contributed by atoms with E-state index in [9.17, 15) is 14.9 Å². The molecule has 122 valence electrons. The Bertz CT molecular complexity index is 1020. The number of carbonyl (C=O) groups excluding carboxylic acids is 1. The van der Waals surface area contributed by atoms with Crippen molar-refractivity contribution in [2.24, 2.45) is 0 Å². The average molecular weight is 331 g/mol. The standard InChI is InChI=1S/C19H13N3O3/c23-19-16(11-13-5-3-9-20-13)18-15(7-2-8-17(18)21-19)12-4-1-6-14(10-12)22(24)25/h1-11,20H,(H,21,23)/b16-11-. The second kappa shape index (κ2) is 5.76. The molecule has 1 aliphatic heterocycles. The van der Waals surface area contributed by atoms with Crippen LogP contribution in [0.3, 0.4) is 0 Å². The molecule has 0 unspecified atom stereocenters. The highest BCUT2D eigenvalue weighted by Gasteiger charge is 2.27. The minimum Gasteiger partial charge on any atom is -0.362 e. The first-order chi connectivity index (χ1) is 12.1.